The van der Waals surface area contributed by atoms with Crippen molar-refractivity contribution in [2.45, 2.75) is 44.4 Å². The molecule has 1 aromatic rings. The molecule has 2 heterocycles. The summed E-state index contributed by atoms with van der Waals surface area (Å²) in [6.07, 6.45) is -0.514. The van der Waals surface area contributed by atoms with Crippen molar-refractivity contribution in [2.24, 2.45) is 16.8 Å². The molecule has 0 aromatic heterocycles. The molecule has 0 saturated carbocycles. The SMILES string of the molecule is C[C@@H](N)C1Cc2cc(F)cc(CC3C=NN[C@@H]3C(F)F)c2O1. The predicted molar refractivity (Wildman–Crippen MR) is 76.8 cm³/mol. The van der Waals surface area contributed by atoms with E-state index < -0.39 is 18.4 Å². The Hall–Kier alpha value is -1.76. The molecule has 0 radical (unpaired) electrons. The van der Waals surface area contributed by atoms with Gasteiger partial charge in [-0.25, -0.2) is 13.2 Å². The van der Waals surface area contributed by atoms with Crippen LogP contribution >= 0.6 is 0 Å². The van der Waals surface area contributed by atoms with Crippen LogP contribution in [-0.2, 0) is 12.8 Å². The third-order valence-corrected chi connectivity index (χ3v) is 4.16. The highest BCUT2D eigenvalue weighted by Crippen LogP contribution is 2.36. The van der Waals surface area contributed by atoms with E-state index in [9.17, 15) is 13.2 Å². The second-order valence-electron chi connectivity index (χ2n) is 5.91. The van der Waals surface area contributed by atoms with Crippen molar-refractivity contribution < 1.29 is 17.9 Å². The molecule has 7 heteroatoms. The Morgan fingerprint density at radius 3 is 2.91 bits per heavy atom. The highest BCUT2D eigenvalue weighted by atomic mass is 19.3. The molecule has 3 N–H and O–H groups in total. The van der Waals surface area contributed by atoms with Gasteiger partial charge in [-0.15, -0.1) is 0 Å². The number of nitrogens with zero attached hydrogens (tertiary/aromatic N) is 1. The lowest BCUT2D eigenvalue weighted by molar-refractivity contribution is 0.0896. The van der Waals surface area contributed by atoms with E-state index in [2.05, 4.69) is 10.5 Å². The first-order valence-corrected chi connectivity index (χ1v) is 7.26. The lowest BCUT2D eigenvalue weighted by Gasteiger charge is -2.19. The lowest BCUT2D eigenvalue weighted by Crippen LogP contribution is -2.36. The van der Waals surface area contributed by atoms with Gasteiger partial charge in [-0.3, -0.25) is 0 Å². The Morgan fingerprint density at radius 1 is 1.45 bits per heavy atom. The highest BCUT2D eigenvalue weighted by molar-refractivity contribution is 5.65. The molecule has 4 nitrogen and oxygen atoms in total. The van der Waals surface area contributed by atoms with E-state index in [1.165, 1.54) is 18.3 Å². The summed E-state index contributed by atoms with van der Waals surface area (Å²) in [5, 5.41) is 3.71. The van der Waals surface area contributed by atoms with Crippen LogP contribution in [0.1, 0.15) is 18.1 Å². The highest BCUT2D eigenvalue weighted by Gasteiger charge is 2.35. The van der Waals surface area contributed by atoms with Crippen molar-refractivity contribution >= 4 is 6.21 Å². The molecule has 0 amide bonds. The first-order chi connectivity index (χ1) is 10.5. The van der Waals surface area contributed by atoms with E-state index >= 15 is 0 Å². The number of benzene rings is 1. The molecule has 2 unspecified atom stereocenters. The minimum atomic E-state index is -2.54. The normalized spacial score (nSPS) is 27.6. The summed E-state index contributed by atoms with van der Waals surface area (Å²) in [6.45, 7) is 1.83. The van der Waals surface area contributed by atoms with Gasteiger partial charge in [0.05, 0.1) is 0 Å². The fourth-order valence-electron chi connectivity index (χ4n) is 2.96. The third kappa shape index (κ3) is 2.77. The largest absolute Gasteiger partial charge is 0.488 e. The van der Waals surface area contributed by atoms with E-state index in [1.807, 2.05) is 6.92 Å². The molecule has 0 fully saturated rings. The molecule has 120 valence electrons. The van der Waals surface area contributed by atoms with Crippen LogP contribution in [-0.4, -0.2) is 30.8 Å². The lowest BCUT2D eigenvalue weighted by atomic mass is 9.92. The van der Waals surface area contributed by atoms with Crippen LogP contribution in [0.15, 0.2) is 17.2 Å². The first kappa shape index (κ1) is 15.1. The Balaban J connectivity index is 1.85. The molecule has 2 aliphatic rings. The minimum absolute atomic E-state index is 0.188. The van der Waals surface area contributed by atoms with Crippen molar-refractivity contribution in [3.05, 3.63) is 29.1 Å². The molecule has 0 bridgehead atoms. The van der Waals surface area contributed by atoms with E-state index in [0.29, 0.717) is 17.7 Å². The van der Waals surface area contributed by atoms with Crippen molar-refractivity contribution in [1.29, 1.82) is 0 Å². The zero-order valence-corrected chi connectivity index (χ0v) is 12.1. The number of hydrogen-bond acceptors (Lipinski definition) is 4. The summed E-state index contributed by atoms with van der Waals surface area (Å²) in [7, 11) is 0. The fraction of sp³-hybridized carbons (Fsp3) is 0.533. The molecular weight excluding hydrogens is 295 g/mol. The van der Waals surface area contributed by atoms with Gasteiger partial charge in [0, 0.05) is 30.2 Å². The van der Waals surface area contributed by atoms with Crippen molar-refractivity contribution in [1.82, 2.24) is 5.43 Å². The molecule has 2 aliphatic heterocycles. The topological polar surface area (TPSA) is 59.6 Å². The number of nitrogens with two attached hydrogens (primary N) is 1. The molecule has 0 saturated heterocycles. The Bertz CT molecular complexity index is 592. The quantitative estimate of drug-likeness (QED) is 0.892. The molecule has 1 aromatic carbocycles. The second-order valence-corrected chi connectivity index (χ2v) is 5.91. The molecule has 3 rings (SSSR count). The van der Waals surface area contributed by atoms with Gasteiger partial charge in [0.1, 0.15) is 23.7 Å². The minimum Gasteiger partial charge on any atom is -0.488 e. The second kappa shape index (κ2) is 5.79. The number of ether oxygens (including phenoxy) is 1. The van der Waals surface area contributed by atoms with Gasteiger partial charge < -0.3 is 15.9 Å². The monoisotopic (exact) mass is 313 g/mol. The van der Waals surface area contributed by atoms with Crippen LogP contribution in [0.25, 0.3) is 0 Å². The number of hydrogen-bond donors (Lipinski definition) is 2. The number of rotatable bonds is 4. The summed E-state index contributed by atoms with van der Waals surface area (Å²) in [5.41, 5.74) is 9.57. The van der Waals surface area contributed by atoms with Crippen molar-refractivity contribution in [2.75, 3.05) is 0 Å². The molecule has 0 spiro atoms. The number of halogens is 3. The smallest absolute Gasteiger partial charge is 0.260 e. The van der Waals surface area contributed by atoms with Gasteiger partial charge >= 0.3 is 0 Å². The summed E-state index contributed by atoms with van der Waals surface area (Å²) in [5.74, 6) is -0.306. The molecule has 22 heavy (non-hydrogen) atoms. The standard InChI is InChI=1S/C15H18F3N3O/c1-7(19)12-5-9-4-11(16)3-8(14(9)22-12)2-10-6-20-21-13(10)15(17)18/h3-4,6-7,10,12-13,15,21H,2,5,19H2,1H3/t7-,10?,12?,13+/m1/s1. The molecule has 0 aliphatic carbocycles. The van der Waals surface area contributed by atoms with Crippen LogP contribution in [0, 0.1) is 11.7 Å². The number of fused-ring (bicyclic) bond motifs is 1. The average Bonchev–Trinajstić information content (AvgIpc) is 3.04. The Kier molecular flexibility index (Phi) is 3.99. The molecule has 4 atom stereocenters. The Morgan fingerprint density at radius 2 is 2.23 bits per heavy atom. The maximum atomic E-state index is 13.8. The summed E-state index contributed by atoms with van der Waals surface area (Å²) in [4.78, 5) is 0. The van der Waals surface area contributed by atoms with Crippen LogP contribution in [0.4, 0.5) is 13.2 Å². The van der Waals surface area contributed by atoms with Crippen LogP contribution in [0.3, 0.4) is 0 Å². The van der Waals surface area contributed by atoms with Gasteiger partial charge in [-0.05, 0) is 31.0 Å². The summed E-state index contributed by atoms with van der Waals surface area (Å²) >= 11 is 0. The van der Waals surface area contributed by atoms with Gasteiger partial charge in [0.15, 0.2) is 0 Å². The van der Waals surface area contributed by atoms with E-state index in [-0.39, 0.29) is 24.4 Å². The Labute approximate surface area is 126 Å². The summed E-state index contributed by atoms with van der Waals surface area (Å²) < 4.78 is 45.5. The summed E-state index contributed by atoms with van der Waals surface area (Å²) in [6, 6.07) is 1.53. The number of nitrogens with one attached hydrogen (secondary N) is 1. The third-order valence-electron chi connectivity index (χ3n) is 4.16. The van der Waals surface area contributed by atoms with Crippen LogP contribution < -0.4 is 15.9 Å². The van der Waals surface area contributed by atoms with Gasteiger partial charge in [-0.2, -0.15) is 5.10 Å². The number of hydrazone groups is 1. The predicted octanol–water partition coefficient (Wildman–Crippen LogP) is 1.86. The van der Waals surface area contributed by atoms with Gasteiger partial charge in [0.2, 0.25) is 0 Å². The van der Waals surface area contributed by atoms with Crippen LogP contribution in [0.5, 0.6) is 5.75 Å². The zero-order valence-electron chi connectivity index (χ0n) is 12.1. The van der Waals surface area contributed by atoms with E-state index in [0.717, 1.165) is 5.56 Å². The van der Waals surface area contributed by atoms with E-state index in [1.54, 1.807) is 0 Å². The maximum absolute atomic E-state index is 13.8. The van der Waals surface area contributed by atoms with Gasteiger partial charge in [-0.1, -0.05) is 0 Å². The van der Waals surface area contributed by atoms with E-state index in [4.69, 9.17) is 10.5 Å². The van der Waals surface area contributed by atoms with Gasteiger partial charge in [0.25, 0.3) is 6.43 Å². The number of alkyl halides is 2. The van der Waals surface area contributed by atoms with Crippen molar-refractivity contribution in [3.63, 3.8) is 0 Å². The zero-order chi connectivity index (χ0) is 15.9. The molecular formula is C15H18F3N3O. The maximum Gasteiger partial charge on any atom is 0.260 e. The fourth-order valence-corrected chi connectivity index (χ4v) is 2.96. The van der Waals surface area contributed by atoms with Crippen LogP contribution in [0.2, 0.25) is 0 Å². The average molecular weight is 313 g/mol. The van der Waals surface area contributed by atoms with Crippen molar-refractivity contribution in [3.8, 4) is 5.75 Å². The first-order valence-electron chi connectivity index (χ1n) is 7.26.